The second-order valence-electron chi connectivity index (χ2n) is 8.78. The van der Waals surface area contributed by atoms with Crippen molar-refractivity contribution in [3.63, 3.8) is 0 Å². The molecule has 2 aromatic carbocycles. The third-order valence-corrected chi connectivity index (χ3v) is 7.61. The van der Waals surface area contributed by atoms with Gasteiger partial charge in [0, 0.05) is 37.0 Å². The van der Waals surface area contributed by atoms with Crippen LogP contribution in [0.3, 0.4) is 0 Å². The van der Waals surface area contributed by atoms with Gasteiger partial charge in [0.2, 0.25) is 10.0 Å². The molecule has 1 atom stereocenters. The maximum atomic E-state index is 12.8. The highest BCUT2D eigenvalue weighted by atomic mass is 32.2. The fraction of sp³-hybridized carbons (Fsp3) is 0.417. The van der Waals surface area contributed by atoms with Crippen LogP contribution in [0.5, 0.6) is 5.75 Å². The number of carbonyl (C=O) groups excluding carboxylic acids is 2. The Morgan fingerprint density at radius 3 is 2.44 bits per heavy atom. The van der Waals surface area contributed by atoms with Crippen molar-refractivity contribution in [2.24, 2.45) is 5.92 Å². The van der Waals surface area contributed by atoms with Crippen molar-refractivity contribution in [2.45, 2.75) is 31.8 Å². The molecule has 10 heteroatoms. The van der Waals surface area contributed by atoms with Crippen LogP contribution < -0.4 is 15.0 Å². The topological polar surface area (TPSA) is 105 Å². The number of benzene rings is 2. The number of anilines is 2. The highest BCUT2D eigenvalue weighted by Crippen LogP contribution is 2.37. The lowest BCUT2D eigenvalue weighted by molar-refractivity contribution is -0.125. The summed E-state index contributed by atoms with van der Waals surface area (Å²) in [5, 5.41) is 2.81. The lowest BCUT2D eigenvalue weighted by atomic mass is 10.1. The molecule has 4 rings (SSSR count). The second kappa shape index (κ2) is 9.73. The summed E-state index contributed by atoms with van der Waals surface area (Å²) in [6.07, 6.45) is -0.613. The van der Waals surface area contributed by atoms with E-state index in [0.29, 0.717) is 55.5 Å². The molecular weight excluding hydrogens is 458 g/mol. The van der Waals surface area contributed by atoms with Crippen LogP contribution in [0.2, 0.25) is 0 Å². The van der Waals surface area contributed by atoms with Crippen LogP contribution in [0.4, 0.5) is 11.4 Å². The van der Waals surface area contributed by atoms with Gasteiger partial charge >= 0.3 is 0 Å². The molecule has 182 valence electrons. The van der Waals surface area contributed by atoms with E-state index in [2.05, 4.69) is 5.32 Å². The normalized spacial score (nSPS) is 19.0. The molecule has 2 aromatic rings. The molecule has 2 amide bonds. The van der Waals surface area contributed by atoms with Gasteiger partial charge < -0.3 is 19.7 Å². The first-order valence-electron chi connectivity index (χ1n) is 11.3. The van der Waals surface area contributed by atoms with Crippen molar-refractivity contribution in [2.75, 3.05) is 43.1 Å². The summed E-state index contributed by atoms with van der Waals surface area (Å²) < 4.78 is 37.9. The van der Waals surface area contributed by atoms with Crippen LogP contribution in [0.15, 0.2) is 47.4 Å². The Morgan fingerprint density at radius 1 is 1.12 bits per heavy atom. The standard InChI is InChI=1S/C24H29N3O6S/c1-16(2)15-27-21-9-6-19(14-22(21)33-17(3)24(27)29)25-23(28)18-4-7-20(8-5-18)34(30,31)26-10-12-32-13-11-26/h4-9,14,16-17H,10-13,15H2,1-3H3,(H,25,28). The van der Waals surface area contributed by atoms with Crippen LogP contribution >= 0.6 is 0 Å². The molecule has 0 aliphatic carbocycles. The molecule has 1 unspecified atom stereocenters. The van der Waals surface area contributed by atoms with Crippen LogP contribution in [0, 0.1) is 5.92 Å². The van der Waals surface area contributed by atoms with Gasteiger partial charge in [-0.25, -0.2) is 8.42 Å². The number of nitrogens with one attached hydrogen (secondary N) is 1. The highest BCUT2D eigenvalue weighted by molar-refractivity contribution is 7.89. The fourth-order valence-electron chi connectivity index (χ4n) is 3.96. The second-order valence-corrected chi connectivity index (χ2v) is 10.7. The van der Waals surface area contributed by atoms with Gasteiger partial charge in [0.05, 0.1) is 23.8 Å². The number of hydrogen-bond acceptors (Lipinski definition) is 6. The Kier molecular flexibility index (Phi) is 6.92. The van der Waals surface area contributed by atoms with E-state index >= 15 is 0 Å². The van der Waals surface area contributed by atoms with Gasteiger partial charge in [-0.3, -0.25) is 9.59 Å². The monoisotopic (exact) mass is 487 g/mol. The molecule has 2 heterocycles. The van der Waals surface area contributed by atoms with E-state index in [1.807, 2.05) is 13.8 Å². The predicted molar refractivity (Wildman–Crippen MR) is 128 cm³/mol. The van der Waals surface area contributed by atoms with E-state index in [1.54, 1.807) is 30.0 Å². The molecule has 0 radical (unpaired) electrons. The Balaban J connectivity index is 1.49. The molecule has 1 saturated heterocycles. The minimum Gasteiger partial charge on any atom is -0.479 e. The van der Waals surface area contributed by atoms with Crippen molar-refractivity contribution in [3.05, 3.63) is 48.0 Å². The smallest absolute Gasteiger partial charge is 0.267 e. The van der Waals surface area contributed by atoms with Gasteiger partial charge in [0.25, 0.3) is 11.8 Å². The zero-order valence-electron chi connectivity index (χ0n) is 19.5. The zero-order valence-corrected chi connectivity index (χ0v) is 20.3. The number of amides is 2. The number of hydrogen-bond donors (Lipinski definition) is 1. The summed E-state index contributed by atoms with van der Waals surface area (Å²) >= 11 is 0. The summed E-state index contributed by atoms with van der Waals surface area (Å²) in [6.45, 7) is 7.71. The van der Waals surface area contributed by atoms with Crippen LogP contribution in [-0.4, -0.2) is 63.5 Å². The van der Waals surface area contributed by atoms with Gasteiger partial charge in [-0.2, -0.15) is 4.31 Å². The molecule has 1 fully saturated rings. The van der Waals surface area contributed by atoms with Gasteiger partial charge in [-0.15, -0.1) is 0 Å². The summed E-state index contributed by atoms with van der Waals surface area (Å²) in [7, 11) is -3.62. The molecular formula is C24H29N3O6S. The molecule has 0 spiro atoms. The van der Waals surface area contributed by atoms with E-state index < -0.39 is 16.1 Å². The number of carbonyl (C=O) groups is 2. The average molecular weight is 488 g/mol. The number of rotatable bonds is 6. The van der Waals surface area contributed by atoms with Crippen LogP contribution in [-0.2, 0) is 19.6 Å². The zero-order chi connectivity index (χ0) is 24.5. The number of fused-ring (bicyclic) bond motifs is 1. The third kappa shape index (κ3) is 4.94. The quantitative estimate of drug-likeness (QED) is 0.672. The molecule has 0 saturated carbocycles. The first-order chi connectivity index (χ1) is 16.2. The highest BCUT2D eigenvalue weighted by Gasteiger charge is 2.32. The maximum Gasteiger partial charge on any atom is 0.267 e. The molecule has 9 nitrogen and oxygen atoms in total. The SMILES string of the molecule is CC(C)CN1C(=O)C(C)Oc2cc(NC(=O)c3ccc(S(=O)(=O)N4CCOCC4)cc3)ccc21. The van der Waals surface area contributed by atoms with E-state index in [9.17, 15) is 18.0 Å². The minimum atomic E-state index is -3.62. The van der Waals surface area contributed by atoms with E-state index in [-0.39, 0.29) is 22.6 Å². The number of morpholine rings is 1. The Morgan fingerprint density at radius 2 is 1.79 bits per heavy atom. The van der Waals surface area contributed by atoms with Crippen molar-refractivity contribution in [1.29, 1.82) is 0 Å². The Bertz CT molecular complexity index is 1170. The predicted octanol–water partition coefficient (Wildman–Crippen LogP) is 2.73. The van der Waals surface area contributed by atoms with E-state index in [0.717, 1.165) is 0 Å². The van der Waals surface area contributed by atoms with E-state index in [4.69, 9.17) is 9.47 Å². The fourth-order valence-corrected chi connectivity index (χ4v) is 5.37. The first kappa shape index (κ1) is 24.2. The van der Waals surface area contributed by atoms with Crippen LogP contribution in [0.25, 0.3) is 0 Å². The molecule has 34 heavy (non-hydrogen) atoms. The van der Waals surface area contributed by atoms with Gasteiger partial charge in [0.1, 0.15) is 5.75 Å². The molecule has 0 bridgehead atoms. The van der Waals surface area contributed by atoms with Crippen LogP contribution in [0.1, 0.15) is 31.1 Å². The van der Waals surface area contributed by atoms with Crippen molar-refractivity contribution >= 4 is 33.2 Å². The minimum absolute atomic E-state index is 0.0925. The third-order valence-electron chi connectivity index (χ3n) is 5.70. The van der Waals surface area contributed by atoms with Crippen molar-refractivity contribution < 1.29 is 27.5 Å². The van der Waals surface area contributed by atoms with Gasteiger partial charge in [-0.05, 0) is 49.2 Å². The summed E-state index contributed by atoms with van der Waals surface area (Å²) in [6, 6.07) is 11.0. The number of nitrogens with zero attached hydrogens (tertiary/aromatic N) is 2. The molecule has 1 N–H and O–H groups in total. The lowest BCUT2D eigenvalue weighted by Crippen LogP contribution is -2.46. The van der Waals surface area contributed by atoms with Gasteiger partial charge in [0.15, 0.2) is 6.10 Å². The molecule has 0 aromatic heterocycles. The van der Waals surface area contributed by atoms with Crippen molar-refractivity contribution in [1.82, 2.24) is 4.31 Å². The van der Waals surface area contributed by atoms with Gasteiger partial charge in [-0.1, -0.05) is 13.8 Å². The summed E-state index contributed by atoms with van der Waals surface area (Å²) in [5.41, 5.74) is 1.51. The largest absolute Gasteiger partial charge is 0.479 e. The lowest BCUT2D eigenvalue weighted by Gasteiger charge is -2.34. The average Bonchev–Trinajstić information content (AvgIpc) is 2.82. The maximum absolute atomic E-state index is 12.8. The first-order valence-corrected chi connectivity index (χ1v) is 12.7. The Labute approximate surface area is 199 Å². The van der Waals surface area contributed by atoms with E-state index in [1.165, 1.54) is 28.6 Å². The number of ether oxygens (including phenoxy) is 2. The summed E-state index contributed by atoms with van der Waals surface area (Å²) in [4.78, 5) is 27.2. The molecule has 2 aliphatic rings. The number of sulfonamides is 1. The van der Waals surface area contributed by atoms with Crippen molar-refractivity contribution in [3.8, 4) is 5.75 Å². The summed E-state index contributed by atoms with van der Waals surface area (Å²) in [5.74, 6) is 0.341. The molecule has 2 aliphatic heterocycles. The Hall–Kier alpha value is -2.95.